The van der Waals surface area contributed by atoms with Gasteiger partial charge in [0.25, 0.3) is 0 Å². The molecule has 4 nitrogen and oxygen atoms in total. The molecule has 2 rings (SSSR count). The van der Waals surface area contributed by atoms with Crippen LogP contribution < -0.4 is 10.6 Å². The molecular formula is C15H14N2O2S. The number of thiocarbonyl (C=S) groups is 1. The minimum atomic E-state index is -0.987. The van der Waals surface area contributed by atoms with Crippen molar-refractivity contribution in [2.75, 3.05) is 5.32 Å². The molecule has 0 saturated heterocycles. The number of para-hydroxylation sites is 1. The number of carboxylic acids is 1. The van der Waals surface area contributed by atoms with Crippen molar-refractivity contribution in [1.29, 1.82) is 0 Å². The quantitative estimate of drug-likeness (QED) is 0.754. The topological polar surface area (TPSA) is 61.4 Å². The zero-order valence-electron chi connectivity index (χ0n) is 10.7. The van der Waals surface area contributed by atoms with Crippen LogP contribution >= 0.6 is 12.2 Å². The Balaban J connectivity index is 1.97. The summed E-state index contributed by atoms with van der Waals surface area (Å²) in [4.78, 5) is 11.1. The Morgan fingerprint density at radius 2 is 1.70 bits per heavy atom. The number of carbonyl (C=O) groups is 1. The number of aromatic carboxylic acids is 1. The van der Waals surface area contributed by atoms with Gasteiger partial charge in [-0.25, -0.2) is 4.79 Å². The van der Waals surface area contributed by atoms with E-state index in [4.69, 9.17) is 17.3 Å². The van der Waals surface area contributed by atoms with Gasteiger partial charge in [0.05, 0.1) is 11.3 Å². The third kappa shape index (κ3) is 3.80. The maximum atomic E-state index is 11.1. The normalized spacial score (nSPS) is 9.80. The first-order valence-electron chi connectivity index (χ1n) is 6.08. The standard InChI is InChI=1S/C15H14N2O2S/c18-14(19)12-8-4-5-9-13(12)17-15(20)16-10-11-6-2-1-3-7-11/h1-9H,10H2,(H,18,19)(H2,16,17,20). The molecule has 0 spiro atoms. The Bertz CT molecular complexity index is 614. The first-order valence-corrected chi connectivity index (χ1v) is 6.49. The largest absolute Gasteiger partial charge is 0.478 e. The molecule has 0 aromatic heterocycles. The fraction of sp³-hybridized carbons (Fsp3) is 0.0667. The minimum Gasteiger partial charge on any atom is -0.478 e. The van der Waals surface area contributed by atoms with Gasteiger partial charge in [0, 0.05) is 6.54 Å². The Labute approximate surface area is 122 Å². The van der Waals surface area contributed by atoms with Crippen LogP contribution in [-0.2, 0) is 6.54 Å². The molecule has 0 aliphatic heterocycles. The molecule has 0 bridgehead atoms. The third-order valence-electron chi connectivity index (χ3n) is 2.70. The summed E-state index contributed by atoms with van der Waals surface area (Å²) < 4.78 is 0. The lowest BCUT2D eigenvalue weighted by Gasteiger charge is -2.12. The number of carboxylic acid groups (broad SMARTS) is 1. The second kappa shape index (κ2) is 6.68. The monoisotopic (exact) mass is 286 g/mol. The second-order valence-corrected chi connectivity index (χ2v) is 4.55. The van der Waals surface area contributed by atoms with E-state index in [1.165, 1.54) is 6.07 Å². The Morgan fingerprint density at radius 1 is 1.05 bits per heavy atom. The number of hydrogen-bond acceptors (Lipinski definition) is 2. The zero-order chi connectivity index (χ0) is 14.4. The molecule has 5 heteroatoms. The summed E-state index contributed by atoms with van der Waals surface area (Å²) in [5.41, 5.74) is 1.77. The first kappa shape index (κ1) is 14.0. The summed E-state index contributed by atoms with van der Waals surface area (Å²) in [6, 6.07) is 16.5. The van der Waals surface area contributed by atoms with Crippen LogP contribution in [0.1, 0.15) is 15.9 Å². The summed E-state index contributed by atoms with van der Waals surface area (Å²) in [5, 5.41) is 15.4. The van der Waals surface area contributed by atoms with E-state index in [0.717, 1.165) is 5.56 Å². The fourth-order valence-electron chi connectivity index (χ4n) is 1.72. The van der Waals surface area contributed by atoms with Crippen molar-refractivity contribution in [3.63, 3.8) is 0 Å². The summed E-state index contributed by atoms with van der Waals surface area (Å²) in [7, 11) is 0. The van der Waals surface area contributed by atoms with Crippen molar-refractivity contribution in [1.82, 2.24) is 5.32 Å². The van der Waals surface area contributed by atoms with Gasteiger partial charge >= 0.3 is 5.97 Å². The van der Waals surface area contributed by atoms with Crippen LogP contribution in [0.3, 0.4) is 0 Å². The van der Waals surface area contributed by atoms with Gasteiger partial charge < -0.3 is 15.7 Å². The molecule has 2 aromatic carbocycles. The Hall–Kier alpha value is -2.40. The van der Waals surface area contributed by atoms with E-state index in [1.807, 2.05) is 30.3 Å². The highest BCUT2D eigenvalue weighted by molar-refractivity contribution is 7.80. The van der Waals surface area contributed by atoms with E-state index < -0.39 is 5.97 Å². The van der Waals surface area contributed by atoms with Crippen LogP contribution in [0.25, 0.3) is 0 Å². The highest BCUT2D eigenvalue weighted by Crippen LogP contribution is 2.14. The van der Waals surface area contributed by atoms with E-state index in [-0.39, 0.29) is 5.56 Å². The van der Waals surface area contributed by atoms with Gasteiger partial charge in [-0.15, -0.1) is 0 Å². The molecule has 0 atom stereocenters. The molecule has 0 radical (unpaired) electrons. The summed E-state index contributed by atoms with van der Waals surface area (Å²) in [6.07, 6.45) is 0. The van der Waals surface area contributed by atoms with Gasteiger partial charge in [-0.3, -0.25) is 0 Å². The molecule has 0 saturated carbocycles. The molecule has 0 unspecified atom stereocenters. The number of hydrogen-bond donors (Lipinski definition) is 3. The number of rotatable bonds is 4. The smallest absolute Gasteiger partial charge is 0.337 e. The van der Waals surface area contributed by atoms with Crippen molar-refractivity contribution in [3.8, 4) is 0 Å². The Morgan fingerprint density at radius 3 is 2.40 bits per heavy atom. The molecule has 20 heavy (non-hydrogen) atoms. The van der Waals surface area contributed by atoms with Crippen LogP contribution in [0.15, 0.2) is 54.6 Å². The van der Waals surface area contributed by atoms with Gasteiger partial charge in [-0.05, 0) is 29.9 Å². The van der Waals surface area contributed by atoms with Crippen LogP contribution in [0, 0.1) is 0 Å². The molecular weight excluding hydrogens is 272 g/mol. The Kier molecular flexibility index (Phi) is 4.68. The SMILES string of the molecule is O=C(O)c1ccccc1NC(=S)NCc1ccccc1. The van der Waals surface area contributed by atoms with Gasteiger partial charge in [-0.2, -0.15) is 0 Å². The highest BCUT2D eigenvalue weighted by Gasteiger charge is 2.09. The maximum Gasteiger partial charge on any atom is 0.337 e. The van der Waals surface area contributed by atoms with Gasteiger partial charge in [-0.1, -0.05) is 42.5 Å². The number of benzene rings is 2. The predicted molar refractivity (Wildman–Crippen MR) is 82.9 cm³/mol. The van der Waals surface area contributed by atoms with Crippen LogP contribution in [0.5, 0.6) is 0 Å². The third-order valence-corrected chi connectivity index (χ3v) is 2.95. The van der Waals surface area contributed by atoms with Crippen molar-refractivity contribution in [2.24, 2.45) is 0 Å². The van der Waals surface area contributed by atoms with E-state index in [2.05, 4.69) is 10.6 Å². The second-order valence-electron chi connectivity index (χ2n) is 4.14. The fourth-order valence-corrected chi connectivity index (χ4v) is 1.91. The minimum absolute atomic E-state index is 0.191. The molecule has 0 fully saturated rings. The van der Waals surface area contributed by atoms with Crippen LogP contribution in [0.4, 0.5) is 5.69 Å². The number of nitrogens with one attached hydrogen (secondary N) is 2. The van der Waals surface area contributed by atoms with Gasteiger partial charge in [0.2, 0.25) is 0 Å². The lowest BCUT2D eigenvalue weighted by Crippen LogP contribution is -2.28. The molecule has 3 N–H and O–H groups in total. The lowest BCUT2D eigenvalue weighted by molar-refractivity contribution is 0.0698. The predicted octanol–water partition coefficient (Wildman–Crippen LogP) is 2.87. The van der Waals surface area contributed by atoms with Crippen molar-refractivity contribution in [2.45, 2.75) is 6.54 Å². The van der Waals surface area contributed by atoms with Crippen LogP contribution in [-0.4, -0.2) is 16.2 Å². The van der Waals surface area contributed by atoms with Crippen LogP contribution in [0.2, 0.25) is 0 Å². The molecule has 0 aliphatic carbocycles. The average molecular weight is 286 g/mol. The zero-order valence-corrected chi connectivity index (χ0v) is 11.5. The van der Waals surface area contributed by atoms with E-state index in [1.54, 1.807) is 18.2 Å². The van der Waals surface area contributed by atoms with Crippen molar-refractivity contribution < 1.29 is 9.90 Å². The molecule has 102 valence electrons. The summed E-state index contributed by atoms with van der Waals surface area (Å²) >= 11 is 5.17. The molecule has 0 amide bonds. The van der Waals surface area contributed by atoms with Gasteiger partial charge in [0.15, 0.2) is 5.11 Å². The van der Waals surface area contributed by atoms with E-state index in [0.29, 0.717) is 17.3 Å². The molecule has 0 aliphatic rings. The average Bonchev–Trinajstić information content (AvgIpc) is 2.46. The number of anilines is 1. The van der Waals surface area contributed by atoms with Crippen molar-refractivity contribution >= 4 is 29.0 Å². The van der Waals surface area contributed by atoms with E-state index >= 15 is 0 Å². The summed E-state index contributed by atoms with van der Waals surface area (Å²) in [5.74, 6) is -0.987. The van der Waals surface area contributed by atoms with E-state index in [9.17, 15) is 4.79 Å². The lowest BCUT2D eigenvalue weighted by atomic mass is 10.2. The van der Waals surface area contributed by atoms with Gasteiger partial charge in [0.1, 0.15) is 0 Å². The van der Waals surface area contributed by atoms with Crippen molar-refractivity contribution in [3.05, 3.63) is 65.7 Å². The molecule has 0 heterocycles. The molecule has 2 aromatic rings. The summed E-state index contributed by atoms with van der Waals surface area (Å²) in [6.45, 7) is 0.585. The first-order chi connectivity index (χ1) is 9.66. The highest BCUT2D eigenvalue weighted by atomic mass is 32.1. The maximum absolute atomic E-state index is 11.1.